The molecule has 3 fully saturated rings. The lowest BCUT2D eigenvalue weighted by molar-refractivity contribution is -0.154. The van der Waals surface area contributed by atoms with Gasteiger partial charge in [-0.15, -0.1) is 11.8 Å². The number of anilines is 1. The first kappa shape index (κ1) is 24.1. The van der Waals surface area contributed by atoms with Crippen molar-refractivity contribution in [3.05, 3.63) is 42.5 Å². The number of benzene rings is 2. The number of carbonyl (C=O) groups is 3. The average Bonchev–Trinajstić information content (AvgIpc) is 3.43. The molecule has 2 aromatic rings. The molecule has 7 nitrogen and oxygen atoms in total. The van der Waals surface area contributed by atoms with Crippen molar-refractivity contribution in [3.8, 4) is 0 Å². The zero-order chi connectivity index (χ0) is 24.7. The summed E-state index contributed by atoms with van der Waals surface area (Å²) in [5.74, 6) is -1.68. The third kappa shape index (κ3) is 3.82. The summed E-state index contributed by atoms with van der Waals surface area (Å²) in [6.45, 7) is 4.54. The minimum absolute atomic E-state index is 0.0199. The van der Waals surface area contributed by atoms with E-state index in [1.807, 2.05) is 42.5 Å². The van der Waals surface area contributed by atoms with Crippen LogP contribution < -0.4 is 5.32 Å². The summed E-state index contributed by atoms with van der Waals surface area (Å²) in [5, 5.41) is 14.5. The molecule has 186 valence electrons. The number of aliphatic hydroxyl groups excluding tert-OH is 1. The molecule has 6 atom stereocenters. The Balaban J connectivity index is 1.50. The number of fused-ring (bicyclic) bond motifs is 2. The molecule has 3 unspecified atom stereocenters. The predicted octanol–water partition coefficient (Wildman–Crippen LogP) is 3.45. The Labute approximate surface area is 209 Å². The number of hydrogen-bond donors (Lipinski definition) is 2. The molecule has 3 aliphatic heterocycles. The molecule has 3 aliphatic rings. The molecule has 0 radical (unpaired) electrons. The number of unbranched alkanes of at least 4 members (excludes halogenated alkanes) is 1. The van der Waals surface area contributed by atoms with Crippen LogP contribution in [0.15, 0.2) is 42.5 Å². The van der Waals surface area contributed by atoms with Crippen LogP contribution in [-0.4, -0.2) is 63.6 Å². The van der Waals surface area contributed by atoms with E-state index in [9.17, 15) is 19.5 Å². The van der Waals surface area contributed by atoms with Crippen molar-refractivity contribution >= 4 is 46.0 Å². The highest BCUT2D eigenvalue weighted by Crippen LogP contribution is 2.68. The summed E-state index contributed by atoms with van der Waals surface area (Å²) in [5.41, 5.74) is 0.684. The summed E-state index contributed by atoms with van der Waals surface area (Å²) < 4.78 is 4.71. The molecule has 0 saturated carbocycles. The number of likely N-dealkylation sites (tertiary alicyclic amines) is 1. The maximum atomic E-state index is 13.9. The topological polar surface area (TPSA) is 95.9 Å². The lowest BCUT2D eigenvalue weighted by Crippen LogP contribution is -2.54. The van der Waals surface area contributed by atoms with Gasteiger partial charge in [-0.25, -0.2) is 0 Å². The van der Waals surface area contributed by atoms with Crippen molar-refractivity contribution in [1.29, 1.82) is 0 Å². The van der Waals surface area contributed by atoms with E-state index in [1.54, 1.807) is 23.6 Å². The monoisotopic (exact) mass is 496 g/mol. The summed E-state index contributed by atoms with van der Waals surface area (Å²) in [6, 6.07) is 13.1. The molecule has 35 heavy (non-hydrogen) atoms. The van der Waals surface area contributed by atoms with E-state index < -0.39 is 22.6 Å². The van der Waals surface area contributed by atoms with E-state index in [-0.39, 0.29) is 42.2 Å². The molecule has 8 heteroatoms. The van der Waals surface area contributed by atoms with Crippen LogP contribution in [0.3, 0.4) is 0 Å². The smallest absolute Gasteiger partial charge is 0.310 e. The van der Waals surface area contributed by atoms with Crippen molar-refractivity contribution in [3.63, 3.8) is 0 Å². The Kier molecular flexibility index (Phi) is 6.53. The largest absolute Gasteiger partial charge is 0.466 e. The molecule has 3 saturated heterocycles. The second-order valence-electron chi connectivity index (χ2n) is 9.82. The highest BCUT2D eigenvalue weighted by atomic mass is 32.2. The first-order valence-corrected chi connectivity index (χ1v) is 13.4. The molecular formula is C27H32N2O5S. The summed E-state index contributed by atoms with van der Waals surface area (Å²) in [6.07, 6.45) is 1.92. The fourth-order valence-corrected chi connectivity index (χ4v) is 8.85. The van der Waals surface area contributed by atoms with Gasteiger partial charge in [0.05, 0.1) is 23.2 Å². The van der Waals surface area contributed by atoms with Crippen LogP contribution in [0.4, 0.5) is 5.69 Å². The van der Waals surface area contributed by atoms with Gasteiger partial charge in [0.1, 0.15) is 6.04 Å². The minimum atomic E-state index is -0.686. The van der Waals surface area contributed by atoms with Gasteiger partial charge in [-0.05, 0) is 55.0 Å². The Bertz CT molecular complexity index is 1160. The van der Waals surface area contributed by atoms with E-state index in [2.05, 4.69) is 12.2 Å². The molecule has 0 aliphatic carbocycles. The van der Waals surface area contributed by atoms with Gasteiger partial charge in [0.25, 0.3) is 0 Å². The molecule has 2 N–H and O–H groups in total. The first-order valence-electron chi connectivity index (χ1n) is 12.5. The lowest BCUT2D eigenvalue weighted by Gasteiger charge is -2.38. The number of hydrogen-bond acceptors (Lipinski definition) is 6. The molecule has 2 bridgehead atoms. The summed E-state index contributed by atoms with van der Waals surface area (Å²) in [7, 11) is 0. The van der Waals surface area contributed by atoms with Crippen LogP contribution in [0.25, 0.3) is 10.8 Å². The third-order valence-electron chi connectivity index (χ3n) is 7.88. The molecule has 0 aromatic heterocycles. The summed E-state index contributed by atoms with van der Waals surface area (Å²) in [4.78, 5) is 42.4. The predicted molar refractivity (Wildman–Crippen MR) is 136 cm³/mol. The van der Waals surface area contributed by atoms with Gasteiger partial charge in [-0.3, -0.25) is 14.4 Å². The molecule has 1 spiro atoms. The highest BCUT2D eigenvalue weighted by Gasteiger charge is 2.76. The van der Waals surface area contributed by atoms with Crippen LogP contribution in [0.5, 0.6) is 0 Å². The number of aliphatic hydroxyl groups is 1. The van der Waals surface area contributed by atoms with Crippen LogP contribution in [0.2, 0.25) is 0 Å². The average molecular weight is 497 g/mol. The number of carbonyl (C=O) groups excluding carboxylic acids is 3. The minimum Gasteiger partial charge on any atom is -0.466 e. The zero-order valence-corrected chi connectivity index (χ0v) is 20.9. The van der Waals surface area contributed by atoms with Gasteiger partial charge >= 0.3 is 5.97 Å². The normalized spacial score (nSPS) is 31.1. The van der Waals surface area contributed by atoms with E-state index in [4.69, 9.17) is 4.74 Å². The number of amides is 2. The molecule has 3 heterocycles. The van der Waals surface area contributed by atoms with Gasteiger partial charge in [-0.1, -0.05) is 37.3 Å². The molecule has 2 aromatic carbocycles. The van der Waals surface area contributed by atoms with Crippen molar-refractivity contribution < 1.29 is 24.2 Å². The van der Waals surface area contributed by atoms with Crippen LogP contribution >= 0.6 is 11.8 Å². The Morgan fingerprint density at radius 1 is 1.20 bits per heavy atom. The van der Waals surface area contributed by atoms with Crippen molar-refractivity contribution in [2.24, 2.45) is 17.8 Å². The van der Waals surface area contributed by atoms with Crippen molar-refractivity contribution in [1.82, 2.24) is 4.90 Å². The van der Waals surface area contributed by atoms with Gasteiger partial charge in [0, 0.05) is 24.1 Å². The SMILES string of the molecule is CCOC(=O)[C@@H]1[C@H]2C(=O)N(CCCCO)C(C(=O)Nc3ccc4ccccc4c3)C23S[C@@H]1CC3C. The number of ether oxygens (including phenoxy) is 1. The number of esters is 1. The Hall–Kier alpha value is -2.58. The maximum absolute atomic E-state index is 13.9. The number of nitrogens with zero attached hydrogens (tertiary/aromatic N) is 1. The third-order valence-corrected chi connectivity index (χ3v) is 9.95. The quantitative estimate of drug-likeness (QED) is 0.429. The van der Waals surface area contributed by atoms with Crippen molar-refractivity contribution in [2.75, 3.05) is 25.1 Å². The fourth-order valence-electron chi connectivity index (χ4n) is 6.44. The molecular weight excluding hydrogens is 464 g/mol. The highest BCUT2D eigenvalue weighted by molar-refractivity contribution is 8.02. The van der Waals surface area contributed by atoms with Crippen LogP contribution in [-0.2, 0) is 19.1 Å². The number of rotatable bonds is 8. The molecule has 2 amide bonds. The zero-order valence-electron chi connectivity index (χ0n) is 20.1. The van der Waals surface area contributed by atoms with E-state index in [0.29, 0.717) is 25.1 Å². The summed E-state index contributed by atoms with van der Waals surface area (Å²) >= 11 is 1.64. The first-order chi connectivity index (χ1) is 16.9. The Morgan fingerprint density at radius 3 is 2.71 bits per heavy atom. The van der Waals surface area contributed by atoms with Crippen molar-refractivity contribution in [2.45, 2.75) is 49.1 Å². The number of nitrogens with one attached hydrogen (secondary N) is 1. The second kappa shape index (κ2) is 9.47. The van der Waals surface area contributed by atoms with Crippen LogP contribution in [0, 0.1) is 17.8 Å². The lowest BCUT2D eigenvalue weighted by atomic mass is 9.66. The van der Waals surface area contributed by atoms with Gasteiger partial charge in [-0.2, -0.15) is 0 Å². The van der Waals surface area contributed by atoms with E-state index in [1.165, 1.54) is 0 Å². The second-order valence-corrected chi connectivity index (χ2v) is 11.4. The van der Waals surface area contributed by atoms with Gasteiger partial charge in [0.15, 0.2) is 0 Å². The van der Waals surface area contributed by atoms with Gasteiger partial charge < -0.3 is 20.1 Å². The van der Waals surface area contributed by atoms with E-state index >= 15 is 0 Å². The van der Waals surface area contributed by atoms with E-state index in [0.717, 1.165) is 17.2 Å². The van der Waals surface area contributed by atoms with Crippen LogP contribution in [0.1, 0.15) is 33.1 Å². The Morgan fingerprint density at radius 2 is 1.97 bits per heavy atom. The van der Waals surface area contributed by atoms with Gasteiger partial charge in [0.2, 0.25) is 11.8 Å². The standard InChI is InChI=1S/C27H32N2O5S/c1-3-34-26(33)21-20-14-16(2)27(35-20)22(21)25(32)29(12-6-7-13-30)23(27)24(31)28-19-11-10-17-8-4-5-9-18(17)15-19/h4-5,8-11,15-16,20-23,30H,3,6-7,12-14H2,1-2H3,(H,28,31)/t16?,20-,21+,22+,23?,27?/m1/s1. The number of thioether (sulfide) groups is 1. The molecule has 5 rings (SSSR count). The maximum Gasteiger partial charge on any atom is 0.310 e. The fraction of sp³-hybridized carbons (Fsp3) is 0.519.